The molecule has 0 saturated carbocycles. The summed E-state index contributed by atoms with van der Waals surface area (Å²) in [6.45, 7) is 8.21. The second-order valence-electron chi connectivity index (χ2n) is 4.14. The minimum atomic E-state index is 0.121. The van der Waals surface area contributed by atoms with Gasteiger partial charge in [-0.1, -0.05) is 13.8 Å². The number of hydrogen-bond donors (Lipinski definition) is 1. The maximum Gasteiger partial charge on any atom is 0.0626 e. The minimum absolute atomic E-state index is 0.121. The van der Waals surface area contributed by atoms with Crippen molar-refractivity contribution in [3.8, 4) is 0 Å². The SMILES string of the molecule is COCC(N)CN(C)C(C)C(C)C. The number of nitrogens with zero attached hydrogens (tertiary/aromatic N) is 1. The van der Waals surface area contributed by atoms with E-state index in [0.29, 0.717) is 18.6 Å². The van der Waals surface area contributed by atoms with E-state index in [-0.39, 0.29) is 6.04 Å². The van der Waals surface area contributed by atoms with Crippen LogP contribution in [0.3, 0.4) is 0 Å². The monoisotopic (exact) mass is 188 g/mol. The summed E-state index contributed by atoms with van der Waals surface area (Å²) in [5.41, 5.74) is 5.86. The molecule has 0 fully saturated rings. The van der Waals surface area contributed by atoms with Gasteiger partial charge in [-0.3, -0.25) is 0 Å². The third kappa shape index (κ3) is 5.24. The van der Waals surface area contributed by atoms with Crippen LogP contribution in [0.4, 0.5) is 0 Å². The van der Waals surface area contributed by atoms with Crippen molar-refractivity contribution in [3.05, 3.63) is 0 Å². The summed E-state index contributed by atoms with van der Waals surface area (Å²) in [7, 11) is 3.80. The molecular weight excluding hydrogens is 164 g/mol. The quantitative estimate of drug-likeness (QED) is 0.674. The standard InChI is InChI=1S/C10H24N2O/c1-8(2)9(3)12(4)6-10(11)7-13-5/h8-10H,6-7,11H2,1-5H3. The fourth-order valence-corrected chi connectivity index (χ4v) is 1.31. The topological polar surface area (TPSA) is 38.5 Å². The Labute approximate surface area is 82.2 Å². The van der Waals surface area contributed by atoms with Gasteiger partial charge in [0.25, 0.3) is 0 Å². The van der Waals surface area contributed by atoms with Gasteiger partial charge in [-0.25, -0.2) is 0 Å². The highest BCUT2D eigenvalue weighted by Gasteiger charge is 2.15. The molecule has 2 N–H and O–H groups in total. The average Bonchev–Trinajstić information content (AvgIpc) is 2.03. The Morgan fingerprint density at radius 2 is 1.85 bits per heavy atom. The highest BCUT2D eigenvalue weighted by atomic mass is 16.5. The predicted molar refractivity (Wildman–Crippen MR) is 56.8 cm³/mol. The van der Waals surface area contributed by atoms with Gasteiger partial charge in [0.1, 0.15) is 0 Å². The molecule has 0 aromatic rings. The molecule has 2 atom stereocenters. The first-order valence-corrected chi connectivity index (χ1v) is 4.93. The van der Waals surface area contributed by atoms with E-state index in [1.807, 2.05) is 0 Å². The van der Waals surface area contributed by atoms with Crippen molar-refractivity contribution in [1.29, 1.82) is 0 Å². The van der Waals surface area contributed by atoms with Gasteiger partial charge in [0.15, 0.2) is 0 Å². The van der Waals surface area contributed by atoms with Gasteiger partial charge >= 0.3 is 0 Å². The third-order valence-electron chi connectivity index (χ3n) is 2.56. The van der Waals surface area contributed by atoms with Crippen LogP contribution in [0.2, 0.25) is 0 Å². The van der Waals surface area contributed by atoms with Crippen LogP contribution in [0.1, 0.15) is 20.8 Å². The smallest absolute Gasteiger partial charge is 0.0626 e. The maximum atomic E-state index is 5.86. The van der Waals surface area contributed by atoms with E-state index in [4.69, 9.17) is 10.5 Å². The van der Waals surface area contributed by atoms with Crippen LogP contribution in [0.15, 0.2) is 0 Å². The van der Waals surface area contributed by atoms with Crippen molar-refractivity contribution >= 4 is 0 Å². The summed E-state index contributed by atoms with van der Waals surface area (Å²) >= 11 is 0. The van der Waals surface area contributed by atoms with Crippen LogP contribution in [0.5, 0.6) is 0 Å². The van der Waals surface area contributed by atoms with E-state index >= 15 is 0 Å². The van der Waals surface area contributed by atoms with Crippen LogP contribution >= 0.6 is 0 Å². The predicted octanol–water partition coefficient (Wildman–Crippen LogP) is 0.936. The molecule has 0 aromatic heterocycles. The molecule has 0 amide bonds. The molecule has 2 unspecified atom stereocenters. The lowest BCUT2D eigenvalue weighted by atomic mass is 10.0. The lowest BCUT2D eigenvalue weighted by Gasteiger charge is -2.29. The zero-order valence-electron chi connectivity index (χ0n) is 9.58. The Balaban J connectivity index is 3.77. The summed E-state index contributed by atoms with van der Waals surface area (Å²) in [6.07, 6.45) is 0. The lowest BCUT2D eigenvalue weighted by molar-refractivity contribution is 0.138. The molecule has 0 aliphatic carbocycles. The molecule has 13 heavy (non-hydrogen) atoms. The molecule has 0 aliphatic heterocycles. The van der Waals surface area contributed by atoms with Crippen LogP contribution in [-0.4, -0.2) is 44.3 Å². The highest BCUT2D eigenvalue weighted by molar-refractivity contribution is 4.72. The van der Waals surface area contributed by atoms with Crippen LogP contribution in [0.25, 0.3) is 0 Å². The summed E-state index contributed by atoms with van der Waals surface area (Å²) in [4.78, 5) is 2.29. The molecule has 0 rings (SSSR count). The first-order chi connectivity index (χ1) is 5.99. The molecule has 0 spiro atoms. The van der Waals surface area contributed by atoms with Crippen molar-refractivity contribution in [1.82, 2.24) is 4.90 Å². The molecule has 0 aliphatic rings. The molecule has 0 radical (unpaired) electrons. The molecule has 0 bridgehead atoms. The normalized spacial score (nSPS) is 16.6. The van der Waals surface area contributed by atoms with Crippen molar-refractivity contribution in [3.63, 3.8) is 0 Å². The summed E-state index contributed by atoms with van der Waals surface area (Å²) < 4.78 is 4.99. The summed E-state index contributed by atoms with van der Waals surface area (Å²) in [5, 5.41) is 0. The van der Waals surface area contributed by atoms with Gasteiger partial charge in [-0.2, -0.15) is 0 Å². The average molecular weight is 188 g/mol. The first-order valence-electron chi connectivity index (χ1n) is 4.93. The number of ether oxygens (including phenoxy) is 1. The third-order valence-corrected chi connectivity index (χ3v) is 2.56. The number of hydrogen-bond acceptors (Lipinski definition) is 3. The van der Waals surface area contributed by atoms with Gasteiger partial charge in [-0.05, 0) is 19.9 Å². The van der Waals surface area contributed by atoms with Gasteiger partial charge in [0.2, 0.25) is 0 Å². The molecule has 80 valence electrons. The number of nitrogens with two attached hydrogens (primary N) is 1. The van der Waals surface area contributed by atoms with Crippen LogP contribution in [0, 0.1) is 5.92 Å². The molecule has 0 aromatic carbocycles. The highest BCUT2D eigenvalue weighted by Crippen LogP contribution is 2.07. The van der Waals surface area contributed by atoms with Crippen molar-refractivity contribution in [2.24, 2.45) is 11.7 Å². The second-order valence-corrected chi connectivity index (χ2v) is 4.14. The lowest BCUT2D eigenvalue weighted by Crippen LogP contribution is -2.43. The fraction of sp³-hybridized carbons (Fsp3) is 1.00. The molecule has 3 heteroatoms. The Hall–Kier alpha value is -0.120. The first kappa shape index (κ1) is 12.9. The van der Waals surface area contributed by atoms with E-state index in [1.54, 1.807) is 7.11 Å². The van der Waals surface area contributed by atoms with Gasteiger partial charge in [-0.15, -0.1) is 0 Å². The van der Waals surface area contributed by atoms with E-state index in [1.165, 1.54) is 0 Å². The van der Waals surface area contributed by atoms with Crippen molar-refractivity contribution < 1.29 is 4.74 Å². The van der Waals surface area contributed by atoms with Crippen LogP contribution in [-0.2, 0) is 4.74 Å². The van der Waals surface area contributed by atoms with Crippen molar-refractivity contribution in [2.75, 3.05) is 27.3 Å². The minimum Gasteiger partial charge on any atom is -0.383 e. The molecule has 0 saturated heterocycles. The molecule has 3 nitrogen and oxygen atoms in total. The van der Waals surface area contributed by atoms with Gasteiger partial charge in [0.05, 0.1) is 6.61 Å². The van der Waals surface area contributed by atoms with Gasteiger partial charge in [0, 0.05) is 25.7 Å². The van der Waals surface area contributed by atoms with E-state index < -0.39 is 0 Å². The van der Waals surface area contributed by atoms with E-state index in [0.717, 1.165) is 6.54 Å². The molecular formula is C10H24N2O. The number of rotatable bonds is 6. The number of methoxy groups -OCH3 is 1. The van der Waals surface area contributed by atoms with Crippen LogP contribution < -0.4 is 5.73 Å². The van der Waals surface area contributed by atoms with Crippen molar-refractivity contribution in [2.45, 2.75) is 32.9 Å². The zero-order chi connectivity index (χ0) is 10.4. The Kier molecular flexibility index (Phi) is 6.29. The summed E-state index contributed by atoms with van der Waals surface area (Å²) in [5.74, 6) is 0.666. The van der Waals surface area contributed by atoms with E-state index in [9.17, 15) is 0 Å². The summed E-state index contributed by atoms with van der Waals surface area (Å²) in [6, 6.07) is 0.694. The number of likely N-dealkylation sites (N-methyl/N-ethyl adjacent to an activating group) is 1. The largest absolute Gasteiger partial charge is 0.383 e. The molecule has 0 heterocycles. The second kappa shape index (κ2) is 6.35. The maximum absolute atomic E-state index is 5.86. The Bertz CT molecular complexity index is 128. The fourth-order valence-electron chi connectivity index (χ4n) is 1.31. The Morgan fingerprint density at radius 1 is 1.31 bits per heavy atom. The Morgan fingerprint density at radius 3 is 2.23 bits per heavy atom. The van der Waals surface area contributed by atoms with Gasteiger partial charge < -0.3 is 15.4 Å². The zero-order valence-corrected chi connectivity index (χ0v) is 9.58. The van der Waals surface area contributed by atoms with E-state index in [2.05, 4.69) is 32.7 Å².